The van der Waals surface area contributed by atoms with Gasteiger partial charge >= 0.3 is 6.18 Å². The van der Waals surface area contributed by atoms with Crippen molar-refractivity contribution in [1.29, 1.82) is 0 Å². The van der Waals surface area contributed by atoms with Crippen LogP contribution in [-0.4, -0.2) is 35.4 Å². The molecule has 0 spiro atoms. The van der Waals surface area contributed by atoms with Crippen molar-refractivity contribution in [3.05, 3.63) is 95.8 Å². The number of ether oxygens (including phenoxy) is 1. The minimum atomic E-state index is -4.64. The molecular formula is C28H25F4NO3. The van der Waals surface area contributed by atoms with Gasteiger partial charge in [-0.05, 0) is 66.3 Å². The number of Topliss-reactive ketones (excluding diaryl/α,β-unsaturated/α-hetero) is 1. The van der Waals surface area contributed by atoms with Crippen LogP contribution in [0.2, 0.25) is 0 Å². The lowest BCUT2D eigenvalue weighted by atomic mass is 9.94. The zero-order valence-corrected chi connectivity index (χ0v) is 19.4. The summed E-state index contributed by atoms with van der Waals surface area (Å²) in [4.78, 5) is 26.7. The van der Waals surface area contributed by atoms with Gasteiger partial charge in [-0.25, -0.2) is 4.39 Å². The van der Waals surface area contributed by atoms with E-state index in [2.05, 4.69) is 0 Å². The summed E-state index contributed by atoms with van der Waals surface area (Å²) in [6.07, 6.45) is -5.33. The number of ketones is 1. The average molecular weight is 500 g/mol. The van der Waals surface area contributed by atoms with Crippen LogP contribution in [0.4, 0.5) is 17.6 Å². The first-order valence-corrected chi connectivity index (χ1v) is 11.6. The summed E-state index contributed by atoms with van der Waals surface area (Å²) in [6, 6.07) is 20.8. The fourth-order valence-electron chi connectivity index (χ4n) is 4.51. The first-order valence-electron chi connectivity index (χ1n) is 11.6. The lowest BCUT2D eigenvalue weighted by Gasteiger charge is -2.24. The maximum atomic E-state index is 13.2. The summed E-state index contributed by atoms with van der Waals surface area (Å²) in [7, 11) is 0. The third kappa shape index (κ3) is 6.93. The molecule has 1 saturated heterocycles. The van der Waals surface area contributed by atoms with Crippen molar-refractivity contribution in [2.24, 2.45) is 5.92 Å². The highest BCUT2D eigenvalue weighted by atomic mass is 19.4. The molecule has 0 radical (unpaired) electrons. The van der Waals surface area contributed by atoms with Gasteiger partial charge in [0.15, 0.2) is 5.78 Å². The van der Waals surface area contributed by atoms with E-state index in [0.717, 1.165) is 10.5 Å². The summed E-state index contributed by atoms with van der Waals surface area (Å²) < 4.78 is 57.5. The van der Waals surface area contributed by atoms with Crippen LogP contribution >= 0.6 is 0 Å². The highest BCUT2D eigenvalue weighted by Crippen LogP contribution is 2.31. The predicted octanol–water partition coefficient (Wildman–Crippen LogP) is 6.14. The van der Waals surface area contributed by atoms with Crippen LogP contribution in [0.1, 0.15) is 24.0 Å². The Balaban J connectivity index is 1.43. The minimum Gasteiger partial charge on any atom is -0.457 e. The molecule has 0 aliphatic carbocycles. The number of rotatable bonds is 8. The fourth-order valence-corrected chi connectivity index (χ4v) is 4.51. The van der Waals surface area contributed by atoms with E-state index in [4.69, 9.17) is 4.74 Å². The Kier molecular flexibility index (Phi) is 7.72. The molecule has 1 amide bonds. The molecule has 0 saturated carbocycles. The summed E-state index contributed by atoms with van der Waals surface area (Å²) in [5.74, 6) is -0.910. The number of halogens is 4. The molecule has 8 heteroatoms. The van der Waals surface area contributed by atoms with E-state index in [1.165, 1.54) is 24.3 Å². The van der Waals surface area contributed by atoms with E-state index in [-0.39, 0.29) is 30.5 Å². The van der Waals surface area contributed by atoms with Gasteiger partial charge in [0.1, 0.15) is 23.7 Å². The molecule has 1 fully saturated rings. The van der Waals surface area contributed by atoms with Crippen LogP contribution in [0.15, 0.2) is 78.9 Å². The number of likely N-dealkylation sites (tertiary alicyclic amines) is 1. The van der Waals surface area contributed by atoms with Crippen molar-refractivity contribution in [2.45, 2.75) is 37.9 Å². The number of benzene rings is 3. The van der Waals surface area contributed by atoms with E-state index >= 15 is 0 Å². The summed E-state index contributed by atoms with van der Waals surface area (Å²) in [5.41, 5.74) is 1.66. The standard InChI is InChI=1S/C28H25F4NO3/c29-22-8-12-24(13-9-22)36-23-10-6-20(7-11-23)16-26(34)25-15-21(14-19-4-2-1-3-5-19)18-33(25)27(35)17-28(30,31)32/h1-13,21,25H,14-18H2/t21-,25+/m1/s1. The van der Waals surface area contributed by atoms with Gasteiger partial charge in [-0.1, -0.05) is 42.5 Å². The van der Waals surface area contributed by atoms with Gasteiger partial charge < -0.3 is 9.64 Å². The van der Waals surface area contributed by atoms with Crippen molar-refractivity contribution in [3.8, 4) is 11.5 Å². The van der Waals surface area contributed by atoms with Gasteiger partial charge in [0.2, 0.25) is 5.91 Å². The number of nitrogens with zero attached hydrogens (tertiary/aromatic N) is 1. The molecule has 0 unspecified atom stereocenters. The lowest BCUT2D eigenvalue weighted by Crippen LogP contribution is -2.42. The Labute approximate surface area is 206 Å². The van der Waals surface area contributed by atoms with Gasteiger partial charge in [0.05, 0.1) is 6.04 Å². The van der Waals surface area contributed by atoms with Crippen molar-refractivity contribution < 1.29 is 31.9 Å². The summed E-state index contributed by atoms with van der Waals surface area (Å²) in [5, 5.41) is 0. The van der Waals surface area contributed by atoms with Gasteiger partial charge in [-0.15, -0.1) is 0 Å². The van der Waals surface area contributed by atoms with E-state index in [1.807, 2.05) is 30.3 Å². The van der Waals surface area contributed by atoms with Crippen LogP contribution in [-0.2, 0) is 22.4 Å². The Morgan fingerprint density at radius 1 is 0.861 bits per heavy atom. The van der Waals surface area contributed by atoms with E-state index in [0.29, 0.717) is 29.9 Å². The summed E-state index contributed by atoms with van der Waals surface area (Å²) in [6.45, 7) is 0.116. The molecule has 1 heterocycles. The van der Waals surface area contributed by atoms with Gasteiger partial charge in [0.25, 0.3) is 0 Å². The number of hydrogen-bond acceptors (Lipinski definition) is 3. The highest BCUT2D eigenvalue weighted by molar-refractivity contribution is 5.91. The van der Waals surface area contributed by atoms with Crippen LogP contribution in [0.5, 0.6) is 11.5 Å². The maximum absolute atomic E-state index is 13.2. The second-order valence-electron chi connectivity index (χ2n) is 8.99. The first kappa shape index (κ1) is 25.4. The van der Waals surface area contributed by atoms with E-state index in [9.17, 15) is 27.2 Å². The van der Waals surface area contributed by atoms with E-state index in [1.54, 1.807) is 24.3 Å². The smallest absolute Gasteiger partial charge is 0.397 e. The molecule has 0 N–H and O–H groups in total. The molecule has 0 bridgehead atoms. The van der Waals surface area contributed by atoms with Crippen LogP contribution in [0.3, 0.4) is 0 Å². The molecule has 4 rings (SSSR count). The SMILES string of the molecule is O=C(Cc1ccc(Oc2ccc(F)cc2)cc1)[C@@H]1C[C@@H](Cc2ccccc2)CN1C(=O)CC(F)(F)F. The molecule has 2 atom stereocenters. The largest absolute Gasteiger partial charge is 0.457 e. The number of carbonyl (C=O) groups is 2. The topological polar surface area (TPSA) is 46.6 Å². The van der Waals surface area contributed by atoms with Crippen LogP contribution in [0, 0.1) is 11.7 Å². The maximum Gasteiger partial charge on any atom is 0.397 e. The Bertz CT molecular complexity index is 1180. The van der Waals surface area contributed by atoms with Crippen molar-refractivity contribution in [1.82, 2.24) is 4.90 Å². The molecular weight excluding hydrogens is 474 g/mol. The van der Waals surface area contributed by atoms with Gasteiger partial charge in [-0.3, -0.25) is 9.59 Å². The van der Waals surface area contributed by atoms with Crippen LogP contribution in [0.25, 0.3) is 0 Å². The second kappa shape index (κ2) is 10.9. The molecule has 1 aliphatic heterocycles. The number of amides is 1. The number of alkyl halides is 3. The Morgan fingerprint density at radius 2 is 1.47 bits per heavy atom. The third-order valence-electron chi connectivity index (χ3n) is 6.15. The lowest BCUT2D eigenvalue weighted by molar-refractivity contribution is -0.163. The molecule has 3 aromatic rings. The Hall–Kier alpha value is -3.68. The van der Waals surface area contributed by atoms with Crippen molar-refractivity contribution in [2.75, 3.05) is 6.54 Å². The van der Waals surface area contributed by atoms with Crippen molar-refractivity contribution >= 4 is 11.7 Å². The third-order valence-corrected chi connectivity index (χ3v) is 6.15. The molecule has 1 aliphatic rings. The van der Waals surface area contributed by atoms with Crippen LogP contribution < -0.4 is 4.74 Å². The van der Waals surface area contributed by atoms with Gasteiger partial charge in [-0.2, -0.15) is 13.2 Å². The quantitative estimate of drug-likeness (QED) is 0.350. The monoisotopic (exact) mass is 499 g/mol. The zero-order chi connectivity index (χ0) is 25.7. The molecule has 3 aromatic carbocycles. The number of hydrogen-bond donors (Lipinski definition) is 0. The van der Waals surface area contributed by atoms with Crippen molar-refractivity contribution in [3.63, 3.8) is 0 Å². The molecule has 0 aromatic heterocycles. The highest BCUT2D eigenvalue weighted by Gasteiger charge is 2.42. The molecule has 4 nitrogen and oxygen atoms in total. The predicted molar refractivity (Wildman–Crippen MR) is 126 cm³/mol. The molecule has 36 heavy (non-hydrogen) atoms. The summed E-state index contributed by atoms with van der Waals surface area (Å²) >= 11 is 0. The first-order chi connectivity index (χ1) is 17.2. The average Bonchev–Trinajstić information content (AvgIpc) is 3.26. The van der Waals surface area contributed by atoms with Gasteiger partial charge in [0, 0.05) is 13.0 Å². The number of carbonyl (C=O) groups excluding carboxylic acids is 2. The zero-order valence-electron chi connectivity index (χ0n) is 19.4. The molecule has 188 valence electrons. The Morgan fingerprint density at radius 3 is 2.08 bits per heavy atom. The normalized spacial score (nSPS) is 17.7. The fraction of sp³-hybridized carbons (Fsp3) is 0.286. The minimum absolute atomic E-state index is 0.0185. The second-order valence-corrected chi connectivity index (χ2v) is 8.99. The van der Waals surface area contributed by atoms with E-state index < -0.39 is 24.5 Å².